The van der Waals surface area contributed by atoms with Crippen molar-refractivity contribution >= 4 is 17.7 Å². The fourth-order valence-electron chi connectivity index (χ4n) is 1.23. The van der Waals surface area contributed by atoms with Crippen LogP contribution in [0.3, 0.4) is 0 Å². The fourth-order valence-corrected chi connectivity index (χ4v) is 1.23. The maximum Gasteiger partial charge on any atom is 0.329 e. The Labute approximate surface area is 106 Å². The predicted molar refractivity (Wildman–Crippen MR) is 67.5 cm³/mol. The molecule has 2 N–H and O–H groups in total. The summed E-state index contributed by atoms with van der Waals surface area (Å²) in [5, 5.41) is 11.6. The number of aryl methyl sites for hydroxylation is 1. The second-order valence-corrected chi connectivity index (χ2v) is 4.60. The van der Waals surface area contributed by atoms with Crippen LogP contribution < -0.4 is 5.32 Å². The van der Waals surface area contributed by atoms with Gasteiger partial charge in [0, 0.05) is 13.2 Å². The van der Waals surface area contributed by atoms with Gasteiger partial charge in [0.1, 0.15) is 5.54 Å². The molecule has 0 bridgehead atoms. The maximum atomic E-state index is 11.9. The minimum Gasteiger partial charge on any atom is -0.480 e. The number of urea groups is 1. The van der Waals surface area contributed by atoms with Crippen molar-refractivity contribution < 1.29 is 14.7 Å². The monoisotopic (exact) mass is 251 g/mol. The molecule has 1 rings (SSSR count). The summed E-state index contributed by atoms with van der Waals surface area (Å²) < 4.78 is 0. The summed E-state index contributed by atoms with van der Waals surface area (Å²) >= 11 is 0. The van der Waals surface area contributed by atoms with E-state index in [2.05, 4.69) is 10.3 Å². The number of carbonyl (C=O) groups excluding carboxylic acids is 1. The lowest BCUT2D eigenvalue weighted by atomic mass is 10.1. The second kappa shape index (κ2) is 5.03. The van der Waals surface area contributed by atoms with Gasteiger partial charge in [0.15, 0.2) is 0 Å². The zero-order chi connectivity index (χ0) is 13.9. The highest BCUT2D eigenvalue weighted by Crippen LogP contribution is 2.15. The summed E-state index contributed by atoms with van der Waals surface area (Å²) in [5.41, 5.74) is 0.169. The number of likely N-dealkylation sites (N-methyl/N-ethyl adjacent to an activating group) is 1. The van der Waals surface area contributed by atoms with Gasteiger partial charge in [0.05, 0.1) is 11.9 Å². The van der Waals surface area contributed by atoms with Crippen molar-refractivity contribution in [1.29, 1.82) is 0 Å². The number of nitrogens with zero attached hydrogens (tertiary/aromatic N) is 2. The Morgan fingerprint density at radius 1 is 1.39 bits per heavy atom. The van der Waals surface area contributed by atoms with Gasteiger partial charge >= 0.3 is 12.0 Å². The first kappa shape index (κ1) is 14.0. The molecule has 0 radical (unpaired) electrons. The summed E-state index contributed by atoms with van der Waals surface area (Å²) in [6.07, 6.45) is 3.17. The summed E-state index contributed by atoms with van der Waals surface area (Å²) in [6.45, 7) is 4.78. The molecule has 0 aliphatic heterocycles. The quantitative estimate of drug-likeness (QED) is 0.856. The highest BCUT2D eigenvalue weighted by Gasteiger charge is 2.35. The number of nitrogens with one attached hydrogen (secondary N) is 1. The van der Waals surface area contributed by atoms with Crippen molar-refractivity contribution in [2.45, 2.75) is 26.3 Å². The molecule has 98 valence electrons. The molecular weight excluding hydrogens is 234 g/mol. The average molecular weight is 251 g/mol. The van der Waals surface area contributed by atoms with Gasteiger partial charge in [-0.25, -0.2) is 9.59 Å². The van der Waals surface area contributed by atoms with Crippen LogP contribution in [0.25, 0.3) is 0 Å². The first-order valence-electron chi connectivity index (χ1n) is 5.45. The lowest BCUT2D eigenvalue weighted by Crippen LogP contribution is -2.52. The molecule has 18 heavy (non-hydrogen) atoms. The van der Waals surface area contributed by atoms with Gasteiger partial charge in [-0.2, -0.15) is 0 Å². The van der Waals surface area contributed by atoms with E-state index < -0.39 is 17.5 Å². The zero-order valence-corrected chi connectivity index (χ0v) is 10.9. The van der Waals surface area contributed by atoms with Gasteiger partial charge in [0.25, 0.3) is 0 Å². The van der Waals surface area contributed by atoms with Crippen LogP contribution in [0.1, 0.15) is 19.4 Å². The first-order valence-corrected chi connectivity index (χ1v) is 5.45. The molecule has 0 aromatic carbocycles. The summed E-state index contributed by atoms with van der Waals surface area (Å²) in [6, 6.07) is 1.27. The van der Waals surface area contributed by atoms with E-state index in [1.54, 1.807) is 12.3 Å². The van der Waals surface area contributed by atoms with Crippen molar-refractivity contribution in [3.05, 3.63) is 24.0 Å². The molecule has 1 aromatic heterocycles. The molecule has 0 unspecified atom stereocenters. The average Bonchev–Trinajstić information content (AvgIpc) is 2.27. The molecule has 0 atom stereocenters. The van der Waals surface area contributed by atoms with Crippen LogP contribution >= 0.6 is 0 Å². The number of carboxylic acid groups (broad SMARTS) is 1. The van der Waals surface area contributed by atoms with E-state index in [1.807, 2.05) is 6.92 Å². The summed E-state index contributed by atoms with van der Waals surface area (Å²) in [4.78, 5) is 28.0. The van der Waals surface area contributed by atoms with E-state index in [0.717, 1.165) is 10.5 Å². The molecule has 6 heteroatoms. The third-order valence-corrected chi connectivity index (χ3v) is 2.79. The van der Waals surface area contributed by atoms with E-state index in [0.29, 0.717) is 5.69 Å². The number of carbonyl (C=O) groups is 2. The minimum atomic E-state index is -1.28. The van der Waals surface area contributed by atoms with Crippen LogP contribution in [0.2, 0.25) is 0 Å². The maximum absolute atomic E-state index is 11.9. The van der Waals surface area contributed by atoms with Crippen LogP contribution in [0.5, 0.6) is 0 Å². The molecule has 2 amide bonds. The van der Waals surface area contributed by atoms with Gasteiger partial charge < -0.3 is 15.3 Å². The number of hydrogen-bond donors (Lipinski definition) is 2. The molecule has 1 heterocycles. The Kier molecular flexibility index (Phi) is 3.90. The number of hydrogen-bond acceptors (Lipinski definition) is 3. The molecule has 0 aliphatic carbocycles. The highest BCUT2D eigenvalue weighted by molar-refractivity contribution is 5.93. The van der Waals surface area contributed by atoms with Crippen molar-refractivity contribution in [3.63, 3.8) is 0 Å². The van der Waals surface area contributed by atoms with Gasteiger partial charge in [-0.3, -0.25) is 4.98 Å². The number of aliphatic carboxylic acids is 1. The zero-order valence-electron chi connectivity index (χ0n) is 10.9. The van der Waals surface area contributed by atoms with E-state index in [9.17, 15) is 9.59 Å². The Bertz CT molecular complexity index is 471. The smallest absolute Gasteiger partial charge is 0.329 e. The molecule has 0 saturated carbocycles. The number of amides is 2. The molecule has 0 fully saturated rings. The molecule has 0 saturated heterocycles. The van der Waals surface area contributed by atoms with Crippen LogP contribution in [0.4, 0.5) is 10.5 Å². The van der Waals surface area contributed by atoms with Gasteiger partial charge in [0.2, 0.25) is 0 Å². The normalized spacial score (nSPS) is 10.9. The largest absolute Gasteiger partial charge is 0.480 e. The molecule has 6 nitrogen and oxygen atoms in total. The number of aromatic nitrogens is 1. The number of carboxylic acids is 1. The Balaban J connectivity index is 2.80. The van der Waals surface area contributed by atoms with Crippen molar-refractivity contribution in [2.24, 2.45) is 0 Å². The second-order valence-electron chi connectivity index (χ2n) is 4.60. The lowest BCUT2D eigenvalue weighted by molar-refractivity contribution is -0.146. The predicted octanol–water partition coefficient (Wildman–Crippen LogP) is 1.72. The van der Waals surface area contributed by atoms with E-state index in [4.69, 9.17) is 5.11 Å². The third-order valence-electron chi connectivity index (χ3n) is 2.79. The van der Waals surface area contributed by atoms with Crippen molar-refractivity contribution in [3.8, 4) is 0 Å². The van der Waals surface area contributed by atoms with Crippen LogP contribution in [0.15, 0.2) is 18.5 Å². The van der Waals surface area contributed by atoms with Crippen molar-refractivity contribution in [1.82, 2.24) is 9.88 Å². The van der Waals surface area contributed by atoms with Crippen LogP contribution in [0, 0.1) is 6.92 Å². The van der Waals surface area contributed by atoms with Crippen LogP contribution in [-0.4, -0.2) is 39.6 Å². The standard InChI is InChI=1S/C12H17N3O3/c1-8-5-9(7-13-6-8)14-11(18)15(4)12(2,3)10(16)17/h5-7H,1-4H3,(H,14,18)(H,16,17). The first-order chi connectivity index (χ1) is 8.25. The Morgan fingerprint density at radius 2 is 2.00 bits per heavy atom. The number of anilines is 1. The fraction of sp³-hybridized carbons (Fsp3) is 0.417. The highest BCUT2D eigenvalue weighted by atomic mass is 16.4. The summed E-state index contributed by atoms with van der Waals surface area (Å²) in [5.74, 6) is -1.07. The molecule has 0 aliphatic rings. The lowest BCUT2D eigenvalue weighted by Gasteiger charge is -2.31. The van der Waals surface area contributed by atoms with E-state index >= 15 is 0 Å². The van der Waals surface area contributed by atoms with E-state index in [-0.39, 0.29) is 0 Å². The topological polar surface area (TPSA) is 82.5 Å². The summed E-state index contributed by atoms with van der Waals surface area (Å²) in [7, 11) is 1.44. The molecular formula is C12H17N3O3. The molecule has 1 aromatic rings. The Morgan fingerprint density at radius 3 is 2.50 bits per heavy atom. The van der Waals surface area contributed by atoms with Crippen LogP contribution in [-0.2, 0) is 4.79 Å². The SMILES string of the molecule is Cc1cncc(NC(=O)N(C)C(C)(C)C(=O)O)c1. The van der Waals surface area contributed by atoms with Gasteiger partial charge in [-0.15, -0.1) is 0 Å². The van der Waals surface area contributed by atoms with E-state index in [1.165, 1.54) is 27.1 Å². The van der Waals surface area contributed by atoms with Crippen molar-refractivity contribution in [2.75, 3.05) is 12.4 Å². The number of rotatable bonds is 3. The van der Waals surface area contributed by atoms with Gasteiger partial charge in [-0.1, -0.05) is 0 Å². The van der Waals surface area contributed by atoms with Gasteiger partial charge in [-0.05, 0) is 32.4 Å². The third kappa shape index (κ3) is 2.97. The molecule has 0 spiro atoms. The minimum absolute atomic E-state index is 0.491. The number of pyridine rings is 1. The Hall–Kier alpha value is -2.11.